The highest BCUT2D eigenvalue weighted by molar-refractivity contribution is 6.03. The van der Waals surface area contributed by atoms with E-state index in [0.29, 0.717) is 18.8 Å². The van der Waals surface area contributed by atoms with Crippen LogP contribution in [0.3, 0.4) is 0 Å². The van der Waals surface area contributed by atoms with Crippen LogP contribution in [0.1, 0.15) is 72.1 Å². The maximum Gasteiger partial charge on any atom is 0.143 e. The van der Waals surface area contributed by atoms with Gasteiger partial charge in [-0.1, -0.05) is 46.5 Å². The largest absolute Gasteiger partial charge is 0.299 e. The molecule has 0 saturated heterocycles. The molecule has 0 heterocycles. The summed E-state index contributed by atoms with van der Waals surface area (Å²) in [6, 6.07) is 0. The second kappa shape index (κ2) is 7.70. The van der Waals surface area contributed by atoms with Gasteiger partial charge in [0.05, 0.1) is 5.92 Å². The van der Waals surface area contributed by atoms with E-state index in [9.17, 15) is 9.59 Å². The number of unbranched alkanes of at least 4 members (excludes halogenated alkanes) is 4. The smallest absolute Gasteiger partial charge is 0.143 e. The van der Waals surface area contributed by atoms with Crippen molar-refractivity contribution in [2.75, 3.05) is 0 Å². The average molecular weight is 252 g/mol. The second-order valence-electron chi connectivity index (χ2n) is 6.10. The standard InChI is InChI=1S/C16H28O2/c1-4-5-6-7-8-9-14(17)16-13(3)10-12(2)11-15(16)18/h12-13,16H,4-11H2,1-3H3. The van der Waals surface area contributed by atoms with E-state index < -0.39 is 0 Å². The molecule has 1 rings (SSSR count). The van der Waals surface area contributed by atoms with Crippen LogP contribution in [0.25, 0.3) is 0 Å². The first-order valence-corrected chi connectivity index (χ1v) is 7.61. The van der Waals surface area contributed by atoms with Gasteiger partial charge >= 0.3 is 0 Å². The Labute approximate surface area is 112 Å². The Morgan fingerprint density at radius 1 is 1.17 bits per heavy atom. The number of carbonyl (C=O) groups excluding carboxylic acids is 2. The summed E-state index contributed by atoms with van der Waals surface area (Å²) in [5.74, 6) is 0.827. The normalized spacial score (nSPS) is 28.4. The highest BCUT2D eigenvalue weighted by atomic mass is 16.1. The van der Waals surface area contributed by atoms with Crippen molar-refractivity contribution in [2.45, 2.75) is 72.1 Å². The zero-order chi connectivity index (χ0) is 13.5. The molecule has 1 aliphatic rings. The number of rotatable bonds is 7. The molecule has 0 N–H and O–H groups in total. The summed E-state index contributed by atoms with van der Waals surface area (Å²) in [5, 5.41) is 0. The van der Waals surface area contributed by atoms with E-state index in [2.05, 4.69) is 20.8 Å². The molecule has 1 aliphatic carbocycles. The summed E-state index contributed by atoms with van der Waals surface area (Å²) in [4.78, 5) is 24.1. The third-order valence-electron chi connectivity index (χ3n) is 4.11. The first-order valence-electron chi connectivity index (χ1n) is 7.61. The zero-order valence-electron chi connectivity index (χ0n) is 12.2. The first-order chi connectivity index (χ1) is 8.56. The number of hydrogen-bond donors (Lipinski definition) is 0. The van der Waals surface area contributed by atoms with Gasteiger partial charge in [-0.2, -0.15) is 0 Å². The van der Waals surface area contributed by atoms with Crippen molar-refractivity contribution in [1.82, 2.24) is 0 Å². The third-order valence-corrected chi connectivity index (χ3v) is 4.11. The molecule has 2 nitrogen and oxygen atoms in total. The number of hydrogen-bond acceptors (Lipinski definition) is 2. The van der Waals surface area contributed by atoms with Crippen LogP contribution in [0, 0.1) is 17.8 Å². The van der Waals surface area contributed by atoms with E-state index in [1.54, 1.807) is 0 Å². The lowest BCUT2D eigenvalue weighted by atomic mass is 9.72. The van der Waals surface area contributed by atoms with Gasteiger partial charge in [0, 0.05) is 12.8 Å². The van der Waals surface area contributed by atoms with Crippen molar-refractivity contribution in [1.29, 1.82) is 0 Å². The summed E-state index contributed by atoms with van der Waals surface area (Å²) >= 11 is 0. The Balaban J connectivity index is 2.34. The summed E-state index contributed by atoms with van der Waals surface area (Å²) < 4.78 is 0. The second-order valence-corrected chi connectivity index (χ2v) is 6.10. The predicted octanol–water partition coefficient (Wildman–Crippen LogP) is 4.17. The maximum atomic E-state index is 12.1. The third kappa shape index (κ3) is 4.55. The Morgan fingerprint density at radius 3 is 2.44 bits per heavy atom. The van der Waals surface area contributed by atoms with Crippen molar-refractivity contribution in [3.8, 4) is 0 Å². The molecule has 3 unspecified atom stereocenters. The molecule has 0 aromatic heterocycles. The molecule has 0 bridgehead atoms. The van der Waals surface area contributed by atoms with E-state index in [1.165, 1.54) is 19.3 Å². The SMILES string of the molecule is CCCCCCCC(=O)C1C(=O)CC(C)CC1C. The molecule has 1 fully saturated rings. The lowest BCUT2D eigenvalue weighted by Crippen LogP contribution is -2.36. The van der Waals surface area contributed by atoms with Gasteiger partial charge in [0.2, 0.25) is 0 Å². The first kappa shape index (κ1) is 15.4. The molecule has 104 valence electrons. The van der Waals surface area contributed by atoms with Crippen LogP contribution in [0.5, 0.6) is 0 Å². The topological polar surface area (TPSA) is 34.1 Å². The fourth-order valence-corrected chi connectivity index (χ4v) is 3.20. The van der Waals surface area contributed by atoms with Gasteiger partial charge in [-0.05, 0) is 24.7 Å². The summed E-state index contributed by atoms with van der Waals surface area (Å²) in [6.07, 6.45) is 8.03. The molecule has 0 aliphatic heterocycles. The molecule has 2 heteroatoms. The van der Waals surface area contributed by atoms with Crippen molar-refractivity contribution in [3.63, 3.8) is 0 Å². The van der Waals surface area contributed by atoms with Gasteiger partial charge in [0.25, 0.3) is 0 Å². The highest BCUT2D eigenvalue weighted by Gasteiger charge is 2.36. The van der Waals surface area contributed by atoms with E-state index >= 15 is 0 Å². The maximum absolute atomic E-state index is 12.1. The molecule has 3 atom stereocenters. The fourth-order valence-electron chi connectivity index (χ4n) is 3.20. The Morgan fingerprint density at radius 2 is 1.83 bits per heavy atom. The van der Waals surface area contributed by atoms with Crippen molar-refractivity contribution < 1.29 is 9.59 Å². The van der Waals surface area contributed by atoms with Gasteiger partial charge in [-0.15, -0.1) is 0 Å². The monoisotopic (exact) mass is 252 g/mol. The van der Waals surface area contributed by atoms with Crippen LogP contribution < -0.4 is 0 Å². The van der Waals surface area contributed by atoms with Crippen LogP contribution in [0.15, 0.2) is 0 Å². The van der Waals surface area contributed by atoms with Gasteiger partial charge < -0.3 is 0 Å². The Bertz CT molecular complexity index is 283. The molecule has 1 saturated carbocycles. The van der Waals surface area contributed by atoms with Gasteiger partial charge in [-0.3, -0.25) is 9.59 Å². The van der Waals surface area contributed by atoms with E-state index in [0.717, 1.165) is 19.3 Å². The fraction of sp³-hybridized carbons (Fsp3) is 0.875. The summed E-state index contributed by atoms with van der Waals surface area (Å²) in [6.45, 7) is 6.36. The number of Topliss-reactive ketones (excluding diaryl/α,β-unsaturated/α-hetero) is 2. The van der Waals surface area contributed by atoms with Crippen LogP contribution in [-0.2, 0) is 9.59 Å². The van der Waals surface area contributed by atoms with Gasteiger partial charge in [0.15, 0.2) is 0 Å². The summed E-state index contributed by atoms with van der Waals surface area (Å²) in [5.41, 5.74) is 0. The number of carbonyl (C=O) groups is 2. The van der Waals surface area contributed by atoms with Crippen molar-refractivity contribution in [2.24, 2.45) is 17.8 Å². The predicted molar refractivity (Wildman–Crippen MR) is 74.4 cm³/mol. The molecule has 0 aromatic rings. The molecule has 0 aromatic carbocycles. The number of ketones is 2. The van der Waals surface area contributed by atoms with Crippen LogP contribution in [-0.4, -0.2) is 11.6 Å². The Hall–Kier alpha value is -0.660. The minimum atomic E-state index is -0.285. The van der Waals surface area contributed by atoms with Crippen molar-refractivity contribution >= 4 is 11.6 Å². The highest BCUT2D eigenvalue weighted by Crippen LogP contribution is 2.32. The zero-order valence-corrected chi connectivity index (χ0v) is 12.2. The van der Waals surface area contributed by atoms with E-state index in [1.807, 2.05) is 0 Å². The molecule has 18 heavy (non-hydrogen) atoms. The van der Waals surface area contributed by atoms with Crippen LogP contribution >= 0.6 is 0 Å². The quantitative estimate of drug-likeness (QED) is 0.503. The lowest BCUT2D eigenvalue weighted by molar-refractivity contribution is -0.137. The van der Waals surface area contributed by atoms with Crippen LogP contribution in [0.4, 0.5) is 0 Å². The van der Waals surface area contributed by atoms with Gasteiger partial charge in [-0.25, -0.2) is 0 Å². The summed E-state index contributed by atoms with van der Waals surface area (Å²) in [7, 11) is 0. The Kier molecular flexibility index (Phi) is 6.59. The molecule has 0 radical (unpaired) electrons. The van der Waals surface area contributed by atoms with Crippen LogP contribution in [0.2, 0.25) is 0 Å². The van der Waals surface area contributed by atoms with E-state index in [-0.39, 0.29) is 23.4 Å². The minimum absolute atomic E-state index is 0.194. The average Bonchev–Trinajstić information content (AvgIpc) is 2.27. The molecule has 0 spiro atoms. The molecular weight excluding hydrogens is 224 g/mol. The molecule has 0 amide bonds. The minimum Gasteiger partial charge on any atom is -0.299 e. The van der Waals surface area contributed by atoms with E-state index in [4.69, 9.17) is 0 Å². The van der Waals surface area contributed by atoms with Crippen molar-refractivity contribution in [3.05, 3.63) is 0 Å². The molecular formula is C16H28O2. The lowest BCUT2D eigenvalue weighted by Gasteiger charge is -2.30. The van der Waals surface area contributed by atoms with Gasteiger partial charge in [0.1, 0.15) is 11.6 Å².